The first-order valence-electron chi connectivity index (χ1n) is 4.16. The molecule has 2 unspecified atom stereocenters. The Morgan fingerprint density at radius 3 is 3.00 bits per heavy atom. The summed E-state index contributed by atoms with van der Waals surface area (Å²) in [5.74, 6) is -0.0286. The van der Waals surface area contributed by atoms with Gasteiger partial charge in [-0.25, -0.2) is 0 Å². The van der Waals surface area contributed by atoms with Gasteiger partial charge in [-0.15, -0.1) is 0 Å². The first-order chi connectivity index (χ1) is 5.63. The molecule has 0 aromatic rings. The number of fused-ring (bicyclic) bond motifs is 1. The van der Waals surface area contributed by atoms with Gasteiger partial charge in [0, 0.05) is 19.3 Å². The first-order valence-corrected chi connectivity index (χ1v) is 4.16. The highest BCUT2D eigenvalue weighted by Gasteiger charge is 2.52. The molecule has 4 nitrogen and oxygen atoms in total. The SMILES string of the molecule is O=C1CC(O)[C@]2(O)CCOC2C1. The minimum absolute atomic E-state index is 0.0286. The molecule has 1 saturated carbocycles. The Bertz CT molecular complexity index is 215. The molecule has 12 heavy (non-hydrogen) atoms. The molecule has 1 saturated heterocycles. The average Bonchev–Trinajstić information content (AvgIpc) is 2.33. The zero-order chi connectivity index (χ0) is 8.77. The van der Waals surface area contributed by atoms with E-state index < -0.39 is 17.8 Å². The molecule has 2 rings (SSSR count). The third-order valence-corrected chi connectivity index (χ3v) is 2.79. The zero-order valence-electron chi connectivity index (χ0n) is 6.69. The van der Waals surface area contributed by atoms with Crippen LogP contribution in [0.1, 0.15) is 19.3 Å². The smallest absolute Gasteiger partial charge is 0.138 e. The summed E-state index contributed by atoms with van der Waals surface area (Å²) < 4.78 is 5.17. The molecule has 0 bridgehead atoms. The van der Waals surface area contributed by atoms with Crippen molar-refractivity contribution in [2.24, 2.45) is 0 Å². The minimum atomic E-state index is -1.16. The van der Waals surface area contributed by atoms with Gasteiger partial charge in [0.25, 0.3) is 0 Å². The van der Waals surface area contributed by atoms with E-state index in [0.717, 1.165) is 0 Å². The third kappa shape index (κ3) is 0.990. The highest BCUT2D eigenvalue weighted by molar-refractivity contribution is 5.81. The van der Waals surface area contributed by atoms with E-state index in [1.54, 1.807) is 0 Å². The largest absolute Gasteiger partial charge is 0.390 e. The van der Waals surface area contributed by atoms with Crippen LogP contribution < -0.4 is 0 Å². The van der Waals surface area contributed by atoms with Crippen LogP contribution in [0.5, 0.6) is 0 Å². The molecule has 0 aromatic carbocycles. The van der Waals surface area contributed by atoms with E-state index in [1.807, 2.05) is 0 Å². The summed E-state index contributed by atoms with van der Waals surface area (Å²) in [5.41, 5.74) is -1.16. The molecule has 68 valence electrons. The van der Waals surface area contributed by atoms with Crippen LogP contribution in [-0.4, -0.2) is 40.4 Å². The molecule has 2 fully saturated rings. The van der Waals surface area contributed by atoms with Crippen molar-refractivity contribution in [1.29, 1.82) is 0 Å². The third-order valence-electron chi connectivity index (χ3n) is 2.79. The molecular formula is C8H12O4. The molecule has 0 radical (unpaired) electrons. The Kier molecular flexibility index (Phi) is 1.71. The van der Waals surface area contributed by atoms with E-state index in [1.165, 1.54) is 0 Å². The summed E-state index contributed by atoms with van der Waals surface area (Å²) in [6.07, 6.45) is -0.671. The molecule has 2 aliphatic rings. The molecule has 1 heterocycles. The van der Waals surface area contributed by atoms with Gasteiger partial charge < -0.3 is 14.9 Å². The number of aliphatic hydroxyl groups excluding tert-OH is 1. The Morgan fingerprint density at radius 2 is 2.25 bits per heavy atom. The highest BCUT2D eigenvalue weighted by atomic mass is 16.5. The van der Waals surface area contributed by atoms with Crippen molar-refractivity contribution in [3.8, 4) is 0 Å². The van der Waals surface area contributed by atoms with E-state index in [-0.39, 0.29) is 18.6 Å². The number of ether oxygens (including phenoxy) is 1. The quantitative estimate of drug-likeness (QED) is 0.503. The highest BCUT2D eigenvalue weighted by Crippen LogP contribution is 2.36. The maximum atomic E-state index is 11.0. The summed E-state index contributed by atoms with van der Waals surface area (Å²) in [7, 11) is 0. The van der Waals surface area contributed by atoms with Crippen molar-refractivity contribution in [1.82, 2.24) is 0 Å². The van der Waals surface area contributed by atoms with Crippen LogP contribution in [0.3, 0.4) is 0 Å². The lowest BCUT2D eigenvalue weighted by Gasteiger charge is -2.36. The van der Waals surface area contributed by atoms with Gasteiger partial charge in [-0.05, 0) is 0 Å². The summed E-state index contributed by atoms with van der Waals surface area (Å²) in [6, 6.07) is 0. The fourth-order valence-corrected chi connectivity index (χ4v) is 1.97. The number of hydrogen-bond acceptors (Lipinski definition) is 4. The van der Waals surface area contributed by atoms with Gasteiger partial charge in [-0.1, -0.05) is 0 Å². The van der Waals surface area contributed by atoms with Crippen LogP contribution in [0.4, 0.5) is 0 Å². The van der Waals surface area contributed by atoms with Gasteiger partial charge >= 0.3 is 0 Å². The van der Waals surface area contributed by atoms with E-state index >= 15 is 0 Å². The van der Waals surface area contributed by atoms with E-state index in [9.17, 15) is 15.0 Å². The van der Waals surface area contributed by atoms with Crippen LogP contribution in [0.15, 0.2) is 0 Å². The van der Waals surface area contributed by atoms with Crippen molar-refractivity contribution in [2.45, 2.75) is 37.1 Å². The van der Waals surface area contributed by atoms with Gasteiger partial charge in [-0.3, -0.25) is 4.79 Å². The standard InChI is InChI=1S/C8H12O4/c9-5-3-6(10)8(11)1-2-12-7(8)4-5/h6-7,10-11H,1-4H2/t6?,7?,8-/m1/s1. The van der Waals surface area contributed by atoms with Crippen LogP contribution in [0, 0.1) is 0 Å². The fraction of sp³-hybridized carbons (Fsp3) is 0.875. The summed E-state index contributed by atoms with van der Waals surface area (Å²) in [6.45, 7) is 0.436. The Morgan fingerprint density at radius 1 is 1.50 bits per heavy atom. The van der Waals surface area contributed by atoms with E-state index in [0.29, 0.717) is 13.0 Å². The van der Waals surface area contributed by atoms with Crippen molar-refractivity contribution >= 4 is 5.78 Å². The molecule has 0 spiro atoms. The number of carbonyl (C=O) groups excluding carboxylic acids is 1. The monoisotopic (exact) mass is 172 g/mol. The van der Waals surface area contributed by atoms with Crippen LogP contribution in [-0.2, 0) is 9.53 Å². The van der Waals surface area contributed by atoms with Crippen LogP contribution in [0.25, 0.3) is 0 Å². The molecule has 3 atom stereocenters. The van der Waals surface area contributed by atoms with Gasteiger partial charge in [0.15, 0.2) is 0 Å². The van der Waals surface area contributed by atoms with E-state index in [2.05, 4.69) is 0 Å². The van der Waals surface area contributed by atoms with Crippen molar-refractivity contribution < 1.29 is 19.7 Å². The Hall–Kier alpha value is -0.450. The molecule has 0 aromatic heterocycles. The summed E-state index contributed by atoms with van der Waals surface area (Å²) >= 11 is 0. The van der Waals surface area contributed by atoms with E-state index in [4.69, 9.17) is 4.74 Å². The average molecular weight is 172 g/mol. The molecule has 1 aliphatic heterocycles. The van der Waals surface area contributed by atoms with Crippen molar-refractivity contribution in [3.05, 3.63) is 0 Å². The molecule has 1 aliphatic carbocycles. The number of carbonyl (C=O) groups is 1. The Labute approximate surface area is 70.1 Å². The van der Waals surface area contributed by atoms with Crippen molar-refractivity contribution in [2.75, 3.05) is 6.61 Å². The molecular weight excluding hydrogens is 160 g/mol. The van der Waals surface area contributed by atoms with Gasteiger partial charge in [0.05, 0.1) is 18.8 Å². The van der Waals surface area contributed by atoms with Gasteiger partial charge in [0.1, 0.15) is 11.4 Å². The molecule has 2 N–H and O–H groups in total. The lowest BCUT2D eigenvalue weighted by Crippen LogP contribution is -2.54. The summed E-state index contributed by atoms with van der Waals surface area (Å²) in [4.78, 5) is 11.0. The normalized spacial score (nSPS) is 47.7. The number of rotatable bonds is 0. The lowest BCUT2D eigenvalue weighted by molar-refractivity contribution is -0.156. The maximum absolute atomic E-state index is 11.0. The minimum Gasteiger partial charge on any atom is -0.390 e. The van der Waals surface area contributed by atoms with Crippen LogP contribution >= 0.6 is 0 Å². The predicted octanol–water partition coefficient (Wildman–Crippen LogP) is -0.770. The van der Waals surface area contributed by atoms with Gasteiger partial charge in [0.2, 0.25) is 0 Å². The second-order valence-electron chi connectivity index (χ2n) is 3.56. The second kappa shape index (κ2) is 2.52. The number of aliphatic hydroxyl groups is 2. The second-order valence-corrected chi connectivity index (χ2v) is 3.56. The predicted molar refractivity (Wildman–Crippen MR) is 39.6 cm³/mol. The number of hydrogen-bond donors (Lipinski definition) is 2. The maximum Gasteiger partial charge on any atom is 0.138 e. The molecule has 4 heteroatoms. The van der Waals surface area contributed by atoms with Crippen molar-refractivity contribution in [3.63, 3.8) is 0 Å². The number of ketones is 1. The van der Waals surface area contributed by atoms with Gasteiger partial charge in [-0.2, -0.15) is 0 Å². The van der Waals surface area contributed by atoms with Crippen LogP contribution in [0.2, 0.25) is 0 Å². The Balaban J connectivity index is 2.22. The topological polar surface area (TPSA) is 66.8 Å². The summed E-state index contributed by atoms with van der Waals surface area (Å²) in [5, 5.41) is 19.3. The molecule has 0 amide bonds. The number of Topliss-reactive ketones (excluding diaryl/α,β-unsaturated/α-hetero) is 1. The first kappa shape index (κ1) is 8.16. The zero-order valence-corrected chi connectivity index (χ0v) is 6.69. The fourth-order valence-electron chi connectivity index (χ4n) is 1.97. The lowest BCUT2D eigenvalue weighted by atomic mass is 9.79.